The van der Waals surface area contributed by atoms with Crippen LogP contribution in [-0.2, 0) is 9.53 Å². The highest BCUT2D eigenvalue weighted by Gasteiger charge is 2.17. The van der Waals surface area contributed by atoms with Crippen LogP contribution in [0, 0.1) is 0 Å². The molecule has 0 saturated carbocycles. The van der Waals surface area contributed by atoms with Crippen molar-refractivity contribution in [2.75, 3.05) is 44.2 Å². The molecule has 2 heterocycles. The molecule has 1 aromatic heterocycles. The molecule has 0 unspecified atom stereocenters. The summed E-state index contributed by atoms with van der Waals surface area (Å²) < 4.78 is 4.93. The second-order valence-corrected chi connectivity index (χ2v) is 6.13. The third-order valence-electron chi connectivity index (χ3n) is 3.72. The number of thiazole rings is 1. The van der Waals surface area contributed by atoms with Crippen LogP contribution in [0.3, 0.4) is 0 Å². The van der Waals surface area contributed by atoms with Gasteiger partial charge in [-0.25, -0.2) is 4.98 Å². The molecule has 1 aliphatic heterocycles. The lowest BCUT2D eigenvalue weighted by Gasteiger charge is -2.34. The van der Waals surface area contributed by atoms with E-state index in [2.05, 4.69) is 14.8 Å². The van der Waals surface area contributed by atoms with E-state index in [-0.39, 0.29) is 5.97 Å². The summed E-state index contributed by atoms with van der Waals surface area (Å²) in [7, 11) is 0. The van der Waals surface area contributed by atoms with Gasteiger partial charge in [0.1, 0.15) is 0 Å². The number of hydrogen-bond acceptors (Lipinski definition) is 6. The molecular formula is C15H25N3O2S. The molecule has 0 aromatic carbocycles. The van der Waals surface area contributed by atoms with Crippen molar-refractivity contribution in [1.82, 2.24) is 9.88 Å². The van der Waals surface area contributed by atoms with E-state index in [4.69, 9.17) is 4.74 Å². The van der Waals surface area contributed by atoms with Crippen LogP contribution in [0.15, 0.2) is 11.6 Å². The maximum atomic E-state index is 11.2. The van der Waals surface area contributed by atoms with E-state index in [1.54, 1.807) is 11.3 Å². The molecule has 118 valence electrons. The first-order chi connectivity index (χ1) is 10.3. The molecule has 0 amide bonds. The van der Waals surface area contributed by atoms with E-state index in [9.17, 15) is 4.79 Å². The molecule has 0 atom stereocenters. The van der Waals surface area contributed by atoms with E-state index < -0.39 is 0 Å². The number of carbonyl (C=O) groups excluding carboxylic acids is 1. The molecule has 1 aromatic rings. The van der Waals surface area contributed by atoms with Crippen LogP contribution in [0.1, 0.15) is 32.6 Å². The molecular weight excluding hydrogens is 286 g/mol. The summed E-state index contributed by atoms with van der Waals surface area (Å²) in [6.45, 7) is 7.82. The molecule has 0 spiro atoms. The monoisotopic (exact) mass is 311 g/mol. The van der Waals surface area contributed by atoms with Gasteiger partial charge in [-0.15, -0.1) is 11.3 Å². The quantitative estimate of drug-likeness (QED) is 0.545. The Hall–Kier alpha value is -1.14. The maximum Gasteiger partial charge on any atom is 0.305 e. The number of hydrogen-bond donors (Lipinski definition) is 0. The van der Waals surface area contributed by atoms with Gasteiger partial charge in [-0.1, -0.05) is 6.42 Å². The van der Waals surface area contributed by atoms with Crippen molar-refractivity contribution >= 4 is 22.4 Å². The zero-order valence-corrected chi connectivity index (χ0v) is 13.6. The van der Waals surface area contributed by atoms with Gasteiger partial charge in [-0.3, -0.25) is 9.69 Å². The summed E-state index contributed by atoms with van der Waals surface area (Å²) >= 11 is 1.71. The normalized spacial score (nSPS) is 16.1. The van der Waals surface area contributed by atoms with Crippen LogP contribution in [-0.4, -0.2) is 55.2 Å². The second-order valence-electron chi connectivity index (χ2n) is 5.26. The minimum Gasteiger partial charge on any atom is -0.466 e. The molecule has 1 fully saturated rings. The minimum absolute atomic E-state index is 0.0606. The van der Waals surface area contributed by atoms with E-state index in [0.29, 0.717) is 13.0 Å². The number of anilines is 1. The number of nitrogens with zero attached hydrogens (tertiary/aromatic N) is 3. The predicted molar refractivity (Wildman–Crippen MR) is 85.9 cm³/mol. The topological polar surface area (TPSA) is 45.7 Å². The van der Waals surface area contributed by atoms with Crippen molar-refractivity contribution in [2.45, 2.75) is 32.6 Å². The molecule has 6 heteroatoms. The summed E-state index contributed by atoms with van der Waals surface area (Å²) in [6, 6.07) is 0. The number of rotatable bonds is 8. The first kappa shape index (κ1) is 16.2. The molecule has 5 nitrogen and oxygen atoms in total. The van der Waals surface area contributed by atoms with Crippen molar-refractivity contribution in [3.8, 4) is 0 Å². The van der Waals surface area contributed by atoms with Crippen LogP contribution in [0.2, 0.25) is 0 Å². The lowest BCUT2D eigenvalue weighted by molar-refractivity contribution is -0.143. The number of ether oxygens (including phenoxy) is 1. The predicted octanol–water partition coefficient (Wildman–Crippen LogP) is 2.39. The van der Waals surface area contributed by atoms with Gasteiger partial charge in [-0.2, -0.15) is 0 Å². The zero-order valence-electron chi connectivity index (χ0n) is 12.8. The Morgan fingerprint density at radius 1 is 1.29 bits per heavy atom. The van der Waals surface area contributed by atoms with Gasteiger partial charge in [0.2, 0.25) is 0 Å². The van der Waals surface area contributed by atoms with Gasteiger partial charge in [0, 0.05) is 44.2 Å². The lowest BCUT2D eigenvalue weighted by Crippen LogP contribution is -2.46. The van der Waals surface area contributed by atoms with Crippen LogP contribution in [0.4, 0.5) is 5.13 Å². The first-order valence-electron chi connectivity index (χ1n) is 7.82. The van der Waals surface area contributed by atoms with Gasteiger partial charge in [0.15, 0.2) is 5.13 Å². The van der Waals surface area contributed by atoms with E-state index >= 15 is 0 Å². The fraction of sp³-hybridized carbons (Fsp3) is 0.733. The molecule has 21 heavy (non-hydrogen) atoms. The van der Waals surface area contributed by atoms with Crippen molar-refractivity contribution < 1.29 is 9.53 Å². The summed E-state index contributed by atoms with van der Waals surface area (Å²) in [5.74, 6) is -0.0606. The Bertz CT molecular complexity index is 403. The standard InChI is InChI=1S/C15H25N3O2S/c1-2-20-14(19)6-4-3-5-8-17-9-11-18(12-10-17)15-16-7-13-21-15/h7,13H,2-6,8-12H2,1H3. The number of esters is 1. The lowest BCUT2D eigenvalue weighted by atomic mass is 10.2. The average molecular weight is 311 g/mol. The van der Waals surface area contributed by atoms with E-state index in [1.807, 2.05) is 18.5 Å². The highest BCUT2D eigenvalue weighted by atomic mass is 32.1. The molecule has 0 N–H and O–H groups in total. The van der Waals surface area contributed by atoms with Gasteiger partial charge < -0.3 is 9.64 Å². The maximum absolute atomic E-state index is 11.2. The van der Waals surface area contributed by atoms with Crippen LogP contribution in [0.25, 0.3) is 0 Å². The second kappa shape index (κ2) is 9.00. The summed E-state index contributed by atoms with van der Waals surface area (Å²) in [4.78, 5) is 20.4. The molecule has 0 aliphatic carbocycles. The van der Waals surface area contributed by atoms with Crippen molar-refractivity contribution in [1.29, 1.82) is 0 Å². The van der Waals surface area contributed by atoms with Gasteiger partial charge in [0.05, 0.1) is 6.61 Å². The van der Waals surface area contributed by atoms with Crippen molar-refractivity contribution in [3.63, 3.8) is 0 Å². The third kappa shape index (κ3) is 5.63. The number of unbranched alkanes of at least 4 members (excludes halogenated alkanes) is 2. The fourth-order valence-corrected chi connectivity index (χ4v) is 3.25. The molecule has 1 saturated heterocycles. The number of piperazine rings is 1. The summed E-state index contributed by atoms with van der Waals surface area (Å²) in [5.41, 5.74) is 0. The SMILES string of the molecule is CCOC(=O)CCCCCN1CCN(c2nccs2)CC1. The first-order valence-corrected chi connectivity index (χ1v) is 8.70. The van der Waals surface area contributed by atoms with Crippen LogP contribution < -0.4 is 4.90 Å². The minimum atomic E-state index is -0.0606. The smallest absolute Gasteiger partial charge is 0.305 e. The Kier molecular flexibility index (Phi) is 6.95. The van der Waals surface area contributed by atoms with E-state index in [0.717, 1.165) is 57.1 Å². The molecule has 0 bridgehead atoms. The zero-order chi connectivity index (χ0) is 14.9. The summed E-state index contributed by atoms with van der Waals surface area (Å²) in [6.07, 6.45) is 5.64. The number of aromatic nitrogens is 1. The molecule has 1 aliphatic rings. The Morgan fingerprint density at radius 3 is 2.76 bits per heavy atom. The molecule has 2 rings (SSSR count). The Morgan fingerprint density at radius 2 is 2.10 bits per heavy atom. The van der Waals surface area contributed by atoms with Gasteiger partial charge >= 0.3 is 5.97 Å². The third-order valence-corrected chi connectivity index (χ3v) is 4.55. The number of carbonyl (C=O) groups is 1. The van der Waals surface area contributed by atoms with Crippen LogP contribution in [0.5, 0.6) is 0 Å². The van der Waals surface area contributed by atoms with E-state index in [1.165, 1.54) is 0 Å². The Balaban J connectivity index is 1.52. The van der Waals surface area contributed by atoms with Crippen molar-refractivity contribution in [3.05, 3.63) is 11.6 Å². The highest BCUT2D eigenvalue weighted by Crippen LogP contribution is 2.19. The van der Waals surface area contributed by atoms with Gasteiger partial charge in [0.25, 0.3) is 0 Å². The van der Waals surface area contributed by atoms with Crippen molar-refractivity contribution in [2.24, 2.45) is 0 Å². The Labute approximate surface area is 130 Å². The highest BCUT2D eigenvalue weighted by molar-refractivity contribution is 7.13. The average Bonchev–Trinajstić information content (AvgIpc) is 3.02. The molecule has 0 radical (unpaired) electrons. The fourth-order valence-electron chi connectivity index (χ4n) is 2.55. The van der Waals surface area contributed by atoms with Gasteiger partial charge in [-0.05, 0) is 26.3 Å². The summed E-state index contributed by atoms with van der Waals surface area (Å²) in [5, 5.41) is 3.18. The van der Waals surface area contributed by atoms with Crippen LogP contribution >= 0.6 is 11.3 Å². The largest absolute Gasteiger partial charge is 0.466 e.